The molecule has 0 unspecified atom stereocenters. The Morgan fingerprint density at radius 3 is 2.73 bits per heavy atom. The van der Waals surface area contributed by atoms with Gasteiger partial charge in [-0.25, -0.2) is 0 Å². The van der Waals surface area contributed by atoms with Gasteiger partial charge in [-0.05, 0) is 19.4 Å². The van der Waals surface area contributed by atoms with E-state index in [1.807, 2.05) is 0 Å². The Hall–Kier alpha value is -0.750. The molecule has 1 fully saturated rings. The maximum atomic E-state index is 10.8. The van der Waals surface area contributed by atoms with E-state index in [1.54, 1.807) is 0 Å². The van der Waals surface area contributed by atoms with Crippen LogP contribution in [0.3, 0.4) is 0 Å². The van der Waals surface area contributed by atoms with Crippen LogP contribution in [-0.4, -0.2) is 26.9 Å². The van der Waals surface area contributed by atoms with Crippen LogP contribution >= 0.6 is 0 Å². The van der Waals surface area contributed by atoms with E-state index in [4.69, 9.17) is 0 Å². The second-order valence-corrected chi connectivity index (χ2v) is 2.91. The number of hydrogen-bond donors (Lipinski definition) is 1. The highest BCUT2D eigenvalue weighted by atomic mass is 32.2. The minimum absolute atomic E-state index is 0.382. The second kappa shape index (κ2) is 3.59. The first-order chi connectivity index (χ1) is 5.20. The molecule has 0 aromatic heterocycles. The monoisotopic (exact) mass is 176 g/mol. The normalized spacial score (nSPS) is 23.1. The van der Waals surface area contributed by atoms with Gasteiger partial charge in [0.25, 0.3) is 5.91 Å². The lowest BCUT2D eigenvalue weighted by Gasteiger charge is -2.00. The highest BCUT2D eigenvalue weighted by Gasteiger charge is 2.21. The molecule has 62 valence electrons. The quantitative estimate of drug-likeness (QED) is 0.574. The number of amides is 1. The maximum Gasteiger partial charge on any atom is 0.319 e. The molecule has 6 heteroatoms. The third-order valence-electron chi connectivity index (χ3n) is 1.52. The topological polar surface area (TPSA) is 75.6 Å². The average molecular weight is 176 g/mol. The van der Waals surface area contributed by atoms with Crippen LogP contribution < -0.4 is 5.32 Å². The number of nitrogens with zero attached hydrogens (tertiary/aromatic N) is 1. The maximum absolute atomic E-state index is 10.8. The minimum Gasteiger partial charge on any atom is -0.306 e. The Balaban J connectivity index is 2.61. The van der Waals surface area contributed by atoms with Crippen LogP contribution in [0.5, 0.6) is 0 Å². The predicted octanol–water partition coefficient (Wildman–Crippen LogP) is -0.672. The first-order valence-corrected chi connectivity index (χ1v) is 4.31. The molecule has 1 atom stereocenters. The Morgan fingerprint density at radius 2 is 2.27 bits per heavy atom. The summed E-state index contributed by atoms with van der Waals surface area (Å²) in [4.78, 5) is 10.8. The van der Waals surface area contributed by atoms with Crippen LogP contribution in [0.25, 0.3) is 0 Å². The molecule has 0 saturated carbocycles. The van der Waals surface area contributed by atoms with E-state index < -0.39 is 16.4 Å². The van der Waals surface area contributed by atoms with Gasteiger partial charge in [0, 0.05) is 0 Å². The number of rotatable bonds is 1. The first-order valence-electron chi connectivity index (χ1n) is 3.28. The summed E-state index contributed by atoms with van der Waals surface area (Å²) in [5, 5.41) is 2.85. The highest BCUT2D eigenvalue weighted by Crippen LogP contribution is 2.05. The number of carbonyl (C=O) groups excluding carboxylic acids is 1. The molecule has 0 radical (unpaired) electrons. The van der Waals surface area contributed by atoms with E-state index in [9.17, 15) is 13.2 Å². The molecule has 0 aromatic carbocycles. The van der Waals surface area contributed by atoms with Crippen LogP contribution in [0.4, 0.5) is 0 Å². The molecule has 0 aromatic rings. The molecule has 1 N–H and O–H groups in total. The predicted molar refractivity (Wildman–Crippen MR) is 37.4 cm³/mol. The van der Waals surface area contributed by atoms with Crippen molar-refractivity contribution in [2.75, 3.05) is 6.54 Å². The summed E-state index contributed by atoms with van der Waals surface area (Å²) in [5.41, 5.74) is 0. The second-order valence-electron chi connectivity index (χ2n) is 2.30. The standard InChI is InChI=1S/C5H8N2O3S/c8-5(7-11(9)10)4-2-1-3-6-4/h4,6H,1-3H2/t4-/m0/s1. The van der Waals surface area contributed by atoms with Crippen molar-refractivity contribution in [1.82, 2.24) is 5.32 Å². The highest BCUT2D eigenvalue weighted by molar-refractivity contribution is 7.62. The average Bonchev–Trinajstić information content (AvgIpc) is 2.35. The summed E-state index contributed by atoms with van der Waals surface area (Å²) in [6.07, 6.45) is 1.58. The summed E-state index contributed by atoms with van der Waals surface area (Å²) in [6.45, 7) is 0.761. The van der Waals surface area contributed by atoms with Crippen molar-refractivity contribution in [3.63, 3.8) is 0 Å². The van der Waals surface area contributed by atoms with E-state index >= 15 is 0 Å². The lowest BCUT2D eigenvalue weighted by atomic mass is 10.2. The van der Waals surface area contributed by atoms with Crippen LogP contribution in [0.15, 0.2) is 4.36 Å². The summed E-state index contributed by atoms with van der Waals surface area (Å²) in [7, 11) is -2.61. The van der Waals surface area contributed by atoms with E-state index in [-0.39, 0.29) is 6.04 Å². The SMILES string of the molecule is O=C(N=S(=O)=O)[C@@H]1CCCN1. The van der Waals surface area contributed by atoms with Gasteiger partial charge in [-0.15, -0.1) is 0 Å². The fourth-order valence-electron chi connectivity index (χ4n) is 1.03. The van der Waals surface area contributed by atoms with Gasteiger partial charge in [0.2, 0.25) is 0 Å². The Labute approximate surface area is 65.5 Å². The zero-order valence-corrected chi connectivity index (χ0v) is 6.60. The molecule has 0 aliphatic carbocycles. The smallest absolute Gasteiger partial charge is 0.306 e. The molecule has 1 heterocycles. The van der Waals surface area contributed by atoms with Gasteiger partial charge in [-0.2, -0.15) is 8.42 Å². The molecular weight excluding hydrogens is 168 g/mol. The van der Waals surface area contributed by atoms with Crippen molar-refractivity contribution in [2.45, 2.75) is 18.9 Å². The van der Waals surface area contributed by atoms with Crippen LogP contribution in [0.2, 0.25) is 0 Å². The molecule has 1 saturated heterocycles. The van der Waals surface area contributed by atoms with Gasteiger partial charge in [-0.3, -0.25) is 4.79 Å². The number of carbonyl (C=O) groups is 1. The van der Waals surface area contributed by atoms with Crippen molar-refractivity contribution in [2.24, 2.45) is 4.36 Å². The molecule has 1 amide bonds. The zero-order chi connectivity index (χ0) is 8.27. The van der Waals surface area contributed by atoms with E-state index in [1.165, 1.54) is 0 Å². The van der Waals surface area contributed by atoms with Crippen LogP contribution in [-0.2, 0) is 15.3 Å². The van der Waals surface area contributed by atoms with E-state index in [2.05, 4.69) is 9.68 Å². The van der Waals surface area contributed by atoms with Gasteiger partial charge in [0.15, 0.2) is 0 Å². The van der Waals surface area contributed by atoms with E-state index in [0.29, 0.717) is 6.42 Å². The fraction of sp³-hybridized carbons (Fsp3) is 0.800. The summed E-state index contributed by atoms with van der Waals surface area (Å²) in [5.74, 6) is -0.587. The Morgan fingerprint density at radius 1 is 1.55 bits per heavy atom. The van der Waals surface area contributed by atoms with Crippen LogP contribution in [0, 0.1) is 0 Å². The summed E-state index contributed by atoms with van der Waals surface area (Å²) >= 11 is 0. The molecular formula is C5H8N2O3S. The van der Waals surface area contributed by atoms with Crippen molar-refractivity contribution in [3.05, 3.63) is 0 Å². The summed E-state index contributed by atoms with van der Waals surface area (Å²) < 4.78 is 22.8. The first kappa shape index (κ1) is 8.35. The van der Waals surface area contributed by atoms with Gasteiger partial charge < -0.3 is 5.32 Å². The third kappa shape index (κ3) is 2.39. The van der Waals surface area contributed by atoms with Gasteiger partial charge in [0.1, 0.15) is 0 Å². The van der Waals surface area contributed by atoms with Crippen molar-refractivity contribution in [3.8, 4) is 0 Å². The fourth-order valence-corrected chi connectivity index (χ4v) is 1.31. The Kier molecular flexibility index (Phi) is 2.72. The molecule has 0 spiro atoms. The van der Waals surface area contributed by atoms with Gasteiger partial charge in [0.05, 0.1) is 6.04 Å². The summed E-state index contributed by atoms with van der Waals surface area (Å²) in [6, 6.07) is -0.382. The van der Waals surface area contributed by atoms with Gasteiger partial charge >= 0.3 is 10.5 Å². The molecule has 0 bridgehead atoms. The van der Waals surface area contributed by atoms with Crippen molar-refractivity contribution in [1.29, 1.82) is 0 Å². The Bertz CT molecular complexity index is 268. The molecule has 5 nitrogen and oxygen atoms in total. The number of hydrogen-bond acceptors (Lipinski definition) is 4. The van der Waals surface area contributed by atoms with Crippen molar-refractivity contribution < 1.29 is 13.2 Å². The zero-order valence-electron chi connectivity index (χ0n) is 5.78. The third-order valence-corrected chi connectivity index (χ3v) is 1.85. The molecule has 1 rings (SSSR count). The minimum atomic E-state index is -2.61. The van der Waals surface area contributed by atoms with Crippen LogP contribution in [0.1, 0.15) is 12.8 Å². The largest absolute Gasteiger partial charge is 0.319 e. The van der Waals surface area contributed by atoms with Gasteiger partial charge in [-0.1, -0.05) is 4.36 Å². The number of nitrogens with one attached hydrogen (secondary N) is 1. The lowest BCUT2D eigenvalue weighted by molar-refractivity contribution is -0.119. The molecule has 11 heavy (non-hydrogen) atoms. The van der Waals surface area contributed by atoms with Crippen molar-refractivity contribution >= 4 is 16.4 Å². The molecule has 1 aliphatic heterocycles. The molecule has 1 aliphatic rings. The lowest BCUT2D eigenvalue weighted by Crippen LogP contribution is -2.29. The van der Waals surface area contributed by atoms with E-state index in [0.717, 1.165) is 13.0 Å².